The van der Waals surface area contributed by atoms with E-state index < -0.39 is 16.1 Å². The van der Waals surface area contributed by atoms with Gasteiger partial charge in [-0.2, -0.15) is 0 Å². The molecule has 3 rings (SSSR count). The summed E-state index contributed by atoms with van der Waals surface area (Å²) in [4.78, 5) is 14.8. The number of hydrogen-bond donors (Lipinski definition) is 1. The van der Waals surface area contributed by atoms with Gasteiger partial charge in [-0.05, 0) is 29.0 Å². The fraction of sp³-hybridized carbons (Fsp3) is 0.381. The smallest absolute Gasteiger partial charge is 0.241 e. The molecule has 0 spiro atoms. The van der Waals surface area contributed by atoms with Crippen LogP contribution in [-0.2, 0) is 33.5 Å². The van der Waals surface area contributed by atoms with E-state index in [2.05, 4.69) is 10.8 Å². The number of amides is 1. The van der Waals surface area contributed by atoms with Gasteiger partial charge in [-0.3, -0.25) is 4.79 Å². The van der Waals surface area contributed by atoms with Crippen molar-refractivity contribution in [1.82, 2.24) is 9.62 Å². The first kappa shape index (κ1) is 19.6. The van der Waals surface area contributed by atoms with Crippen molar-refractivity contribution in [3.63, 3.8) is 0 Å². The van der Waals surface area contributed by atoms with Crippen molar-refractivity contribution in [2.24, 2.45) is 5.92 Å². The number of nitrogens with zero attached hydrogens (tertiary/aromatic N) is 1. The molecule has 27 heavy (non-hydrogen) atoms. The van der Waals surface area contributed by atoms with Crippen LogP contribution in [0.2, 0.25) is 0 Å². The minimum absolute atomic E-state index is 0.132. The van der Waals surface area contributed by atoms with E-state index >= 15 is 0 Å². The molecule has 0 radical (unpaired) electrons. The molecule has 2 aromatic rings. The second-order valence-electron chi connectivity index (χ2n) is 7.36. The molecular weight excluding hydrogens is 360 g/mol. The molecule has 2 aromatic carbocycles. The molecule has 1 N–H and O–H groups in total. The lowest BCUT2D eigenvalue weighted by Crippen LogP contribution is -2.52. The SMILES string of the molecule is CC(C)[C@@H](NS(=O)(=O)Cc1ccccc1)C(=O)N1CCc2ccccc2C1. The van der Waals surface area contributed by atoms with Gasteiger partial charge in [0.25, 0.3) is 0 Å². The number of carbonyl (C=O) groups excluding carboxylic acids is 1. The van der Waals surface area contributed by atoms with Crippen LogP contribution in [0.5, 0.6) is 0 Å². The number of nitrogens with one attached hydrogen (secondary N) is 1. The number of sulfonamides is 1. The summed E-state index contributed by atoms with van der Waals surface area (Å²) >= 11 is 0. The Balaban J connectivity index is 1.73. The average molecular weight is 387 g/mol. The third kappa shape index (κ3) is 4.96. The number of benzene rings is 2. The van der Waals surface area contributed by atoms with E-state index in [9.17, 15) is 13.2 Å². The van der Waals surface area contributed by atoms with Crippen LogP contribution >= 0.6 is 0 Å². The fourth-order valence-electron chi connectivity index (χ4n) is 3.38. The van der Waals surface area contributed by atoms with Crippen LogP contribution in [0.15, 0.2) is 54.6 Å². The number of fused-ring (bicyclic) bond motifs is 1. The second-order valence-corrected chi connectivity index (χ2v) is 9.12. The maximum atomic E-state index is 13.1. The largest absolute Gasteiger partial charge is 0.337 e. The van der Waals surface area contributed by atoms with Gasteiger partial charge < -0.3 is 4.90 Å². The van der Waals surface area contributed by atoms with Crippen molar-refractivity contribution >= 4 is 15.9 Å². The minimum Gasteiger partial charge on any atom is -0.337 e. The van der Waals surface area contributed by atoms with Crippen molar-refractivity contribution in [2.45, 2.75) is 38.6 Å². The Morgan fingerprint density at radius 2 is 1.67 bits per heavy atom. The quantitative estimate of drug-likeness (QED) is 0.830. The molecule has 1 aliphatic heterocycles. The Bertz CT molecular complexity index is 895. The Morgan fingerprint density at radius 3 is 2.33 bits per heavy atom. The molecule has 1 atom stereocenters. The zero-order valence-corrected chi connectivity index (χ0v) is 16.6. The van der Waals surface area contributed by atoms with E-state index in [1.54, 1.807) is 29.2 Å². The monoisotopic (exact) mass is 386 g/mol. The Morgan fingerprint density at radius 1 is 1.04 bits per heavy atom. The minimum atomic E-state index is -3.62. The van der Waals surface area contributed by atoms with Crippen LogP contribution in [0.4, 0.5) is 0 Å². The normalized spacial score (nSPS) is 15.4. The molecule has 0 saturated carbocycles. The van der Waals surface area contributed by atoms with Crippen molar-refractivity contribution in [1.29, 1.82) is 0 Å². The topological polar surface area (TPSA) is 66.5 Å². The lowest BCUT2D eigenvalue weighted by Gasteiger charge is -2.33. The molecule has 1 aliphatic rings. The van der Waals surface area contributed by atoms with E-state index in [-0.39, 0.29) is 17.6 Å². The molecule has 6 heteroatoms. The highest BCUT2D eigenvalue weighted by atomic mass is 32.2. The van der Waals surface area contributed by atoms with Gasteiger partial charge in [0.15, 0.2) is 0 Å². The third-order valence-corrected chi connectivity index (χ3v) is 6.21. The first-order valence-corrected chi connectivity index (χ1v) is 10.9. The van der Waals surface area contributed by atoms with Crippen LogP contribution in [0.1, 0.15) is 30.5 Å². The van der Waals surface area contributed by atoms with Gasteiger partial charge in [0.1, 0.15) is 6.04 Å². The van der Waals surface area contributed by atoms with Gasteiger partial charge in [0, 0.05) is 13.1 Å². The predicted octanol–water partition coefficient (Wildman–Crippen LogP) is 2.72. The van der Waals surface area contributed by atoms with Crippen LogP contribution in [-0.4, -0.2) is 31.8 Å². The Labute approximate surface area is 161 Å². The second kappa shape index (κ2) is 8.23. The van der Waals surface area contributed by atoms with Crippen LogP contribution in [0.3, 0.4) is 0 Å². The molecule has 1 heterocycles. The number of carbonyl (C=O) groups is 1. The summed E-state index contributed by atoms with van der Waals surface area (Å²) in [5, 5.41) is 0. The van der Waals surface area contributed by atoms with Crippen molar-refractivity contribution in [3.05, 3.63) is 71.3 Å². The summed E-state index contributed by atoms with van der Waals surface area (Å²) in [5.41, 5.74) is 3.09. The van der Waals surface area contributed by atoms with Crippen LogP contribution in [0, 0.1) is 5.92 Å². The summed E-state index contributed by atoms with van der Waals surface area (Å²) in [7, 11) is -3.62. The number of hydrogen-bond acceptors (Lipinski definition) is 3. The van der Waals surface area contributed by atoms with Gasteiger partial charge in [-0.15, -0.1) is 0 Å². The summed E-state index contributed by atoms with van der Waals surface area (Å²) in [6.07, 6.45) is 0.795. The van der Waals surface area contributed by atoms with E-state index in [0.717, 1.165) is 12.0 Å². The molecule has 5 nitrogen and oxygen atoms in total. The molecule has 0 fully saturated rings. The fourth-order valence-corrected chi connectivity index (χ4v) is 4.86. The highest BCUT2D eigenvalue weighted by molar-refractivity contribution is 7.88. The van der Waals surface area contributed by atoms with Crippen molar-refractivity contribution in [3.8, 4) is 0 Å². The Hall–Kier alpha value is -2.18. The Kier molecular flexibility index (Phi) is 5.97. The zero-order valence-electron chi connectivity index (χ0n) is 15.8. The van der Waals surface area contributed by atoms with Crippen molar-refractivity contribution in [2.75, 3.05) is 6.54 Å². The molecule has 0 aromatic heterocycles. The molecule has 0 aliphatic carbocycles. The van der Waals surface area contributed by atoms with E-state index in [1.165, 1.54) is 5.56 Å². The first-order chi connectivity index (χ1) is 12.9. The van der Waals surface area contributed by atoms with Gasteiger partial charge >= 0.3 is 0 Å². The highest BCUT2D eigenvalue weighted by Gasteiger charge is 2.32. The lowest BCUT2D eigenvalue weighted by atomic mass is 9.97. The summed E-state index contributed by atoms with van der Waals surface area (Å²) in [6, 6.07) is 16.3. The van der Waals surface area contributed by atoms with E-state index in [4.69, 9.17) is 0 Å². The molecule has 144 valence electrons. The van der Waals surface area contributed by atoms with E-state index in [1.807, 2.05) is 38.1 Å². The maximum Gasteiger partial charge on any atom is 0.241 e. The average Bonchev–Trinajstić information content (AvgIpc) is 2.65. The van der Waals surface area contributed by atoms with Gasteiger partial charge in [-0.25, -0.2) is 13.1 Å². The standard InChI is InChI=1S/C21H26N2O3S/c1-16(2)20(22-27(25,26)15-17-8-4-3-5-9-17)21(24)23-13-12-18-10-6-7-11-19(18)14-23/h3-11,16,20,22H,12-15H2,1-2H3/t20-/m1/s1. The summed E-state index contributed by atoms with van der Waals surface area (Å²) < 4.78 is 27.9. The summed E-state index contributed by atoms with van der Waals surface area (Å²) in [6.45, 7) is 4.87. The molecule has 0 unspecified atom stereocenters. The van der Waals surface area contributed by atoms with Crippen LogP contribution < -0.4 is 4.72 Å². The zero-order chi connectivity index (χ0) is 19.4. The molecule has 0 bridgehead atoms. The van der Waals surface area contributed by atoms with Gasteiger partial charge in [0.05, 0.1) is 5.75 Å². The van der Waals surface area contributed by atoms with E-state index in [0.29, 0.717) is 18.7 Å². The molecule has 1 amide bonds. The molecular formula is C21H26N2O3S. The van der Waals surface area contributed by atoms with Gasteiger partial charge in [-0.1, -0.05) is 68.4 Å². The highest BCUT2D eigenvalue weighted by Crippen LogP contribution is 2.20. The summed E-state index contributed by atoms with van der Waals surface area (Å²) in [5.74, 6) is -0.427. The third-order valence-electron chi connectivity index (χ3n) is 4.88. The lowest BCUT2D eigenvalue weighted by molar-refractivity contribution is -0.135. The van der Waals surface area contributed by atoms with Crippen molar-refractivity contribution < 1.29 is 13.2 Å². The van der Waals surface area contributed by atoms with Gasteiger partial charge in [0.2, 0.25) is 15.9 Å². The number of rotatable bonds is 6. The first-order valence-electron chi connectivity index (χ1n) is 9.25. The maximum absolute atomic E-state index is 13.1. The molecule has 0 saturated heterocycles. The van der Waals surface area contributed by atoms with Crippen LogP contribution in [0.25, 0.3) is 0 Å². The predicted molar refractivity (Wildman–Crippen MR) is 106 cm³/mol.